The lowest BCUT2D eigenvalue weighted by Crippen LogP contribution is -1.87. The molecule has 106 valence electrons. The number of benzene rings is 2. The molecule has 0 saturated carbocycles. The van der Waals surface area contributed by atoms with Crippen molar-refractivity contribution in [2.75, 3.05) is 0 Å². The summed E-state index contributed by atoms with van der Waals surface area (Å²) in [5.74, 6) is 0. The molecular weight excluding hydrogens is 312 g/mol. The van der Waals surface area contributed by atoms with Crippen molar-refractivity contribution in [3.8, 4) is 22.0 Å². The van der Waals surface area contributed by atoms with Crippen molar-refractivity contribution in [1.82, 2.24) is 9.97 Å². The van der Waals surface area contributed by atoms with E-state index >= 15 is 0 Å². The molecule has 0 bridgehead atoms. The topological polar surface area (TPSA) is 25.8 Å². The van der Waals surface area contributed by atoms with Crippen molar-refractivity contribution >= 4 is 33.7 Å². The van der Waals surface area contributed by atoms with Gasteiger partial charge in [-0.05, 0) is 11.5 Å². The normalized spacial score (nSPS) is 11.0. The van der Waals surface area contributed by atoms with Crippen LogP contribution < -0.4 is 0 Å². The van der Waals surface area contributed by atoms with Gasteiger partial charge < -0.3 is 0 Å². The van der Waals surface area contributed by atoms with Crippen LogP contribution in [0.25, 0.3) is 32.7 Å². The summed E-state index contributed by atoms with van der Waals surface area (Å²) in [6.45, 7) is 0. The molecule has 0 N–H and O–H groups in total. The van der Waals surface area contributed by atoms with Crippen LogP contribution in [0.15, 0.2) is 66.0 Å². The first-order chi connectivity index (χ1) is 10.8. The monoisotopic (exact) mass is 322 g/mol. The smallest absolute Gasteiger partial charge is 0.137 e. The van der Waals surface area contributed by atoms with E-state index in [0.717, 1.165) is 32.7 Å². The number of hydrogen-bond acceptors (Lipinski definition) is 3. The predicted octanol–water partition coefficient (Wildman–Crippen LogP) is 5.68. The van der Waals surface area contributed by atoms with E-state index in [2.05, 4.69) is 17.1 Å². The standard InChI is InChI=1S/C18H11ClN2S/c19-17-14-9-5-4-8-13(14)10-15(20-17)16-11-22-18(21-16)12-6-2-1-3-7-12/h1-11H. The third-order valence-corrected chi connectivity index (χ3v) is 4.66. The highest BCUT2D eigenvalue weighted by Gasteiger charge is 2.10. The predicted molar refractivity (Wildman–Crippen MR) is 93.3 cm³/mol. The van der Waals surface area contributed by atoms with E-state index in [1.54, 1.807) is 11.3 Å². The van der Waals surface area contributed by atoms with Gasteiger partial charge in [-0.25, -0.2) is 9.97 Å². The summed E-state index contributed by atoms with van der Waals surface area (Å²) in [6.07, 6.45) is 0. The molecule has 0 radical (unpaired) electrons. The fraction of sp³-hybridized carbons (Fsp3) is 0. The Bertz CT molecular complexity index is 948. The van der Waals surface area contributed by atoms with E-state index in [-0.39, 0.29) is 0 Å². The second kappa shape index (κ2) is 5.52. The summed E-state index contributed by atoms with van der Waals surface area (Å²) in [7, 11) is 0. The summed E-state index contributed by atoms with van der Waals surface area (Å²) in [4.78, 5) is 9.18. The summed E-state index contributed by atoms with van der Waals surface area (Å²) in [5, 5.41) is 5.57. The average molecular weight is 323 g/mol. The largest absolute Gasteiger partial charge is 0.234 e. The third-order valence-electron chi connectivity index (χ3n) is 3.48. The minimum absolute atomic E-state index is 0.516. The van der Waals surface area contributed by atoms with Gasteiger partial charge in [0.05, 0.1) is 5.69 Å². The van der Waals surface area contributed by atoms with Crippen LogP contribution in [0, 0.1) is 0 Å². The van der Waals surface area contributed by atoms with Crippen LogP contribution in [0.1, 0.15) is 0 Å². The highest BCUT2D eigenvalue weighted by atomic mass is 35.5. The van der Waals surface area contributed by atoms with E-state index in [1.807, 2.05) is 53.9 Å². The lowest BCUT2D eigenvalue weighted by molar-refractivity contribution is 1.30. The second-order valence-electron chi connectivity index (χ2n) is 4.92. The van der Waals surface area contributed by atoms with Crippen molar-refractivity contribution in [1.29, 1.82) is 0 Å². The Morgan fingerprint density at radius 3 is 2.45 bits per heavy atom. The van der Waals surface area contributed by atoms with Gasteiger partial charge in [-0.15, -0.1) is 11.3 Å². The Morgan fingerprint density at radius 2 is 1.59 bits per heavy atom. The molecular formula is C18H11ClN2S. The zero-order chi connectivity index (χ0) is 14.9. The number of aromatic nitrogens is 2. The van der Waals surface area contributed by atoms with Gasteiger partial charge in [0.25, 0.3) is 0 Å². The molecule has 4 heteroatoms. The Balaban J connectivity index is 1.81. The van der Waals surface area contributed by atoms with E-state index in [1.165, 1.54) is 0 Å². The van der Waals surface area contributed by atoms with Crippen LogP contribution in [0.4, 0.5) is 0 Å². The molecule has 22 heavy (non-hydrogen) atoms. The van der Waals surface area contributed by atoms with Gasteiger partial charge in [0.15, 0.2) is 0 Å². The van der Waals surface area contributed by atoms with Gasteiger partial charge in [-0.2, -0.15) is 0 Å². The molecule has 0 spiro atoms. The summed E-state index contributed by atoms with van der Waals surface area (Å²) in [5.41, 5.74) is 2.78. The van der Waals surface area contributed by atoms with Crippen molar-refractivity contribution in [3.63, 3.8) is 0 Å². The van der Waals surface area contributed by atoms with Crippen LogP contribution >= 0.6 is 22.9 Å². The number of hydrogen-bond donors (Lipinski definition) is 0. The van der Waals surface area contributed by atoms with Crippen LogP contribution in [0.3, 0.4) is 0 Å². The molecule has 4 rings (SSSR count). The number of fused-ring (bicyclic) bond motifs is 1. The van der Waals surface area contributed by atoms with E-state index < -0.39 is 0 Å². The van der Waals surface area contributed by atoms with E-state index in [0.29, 0.717) is 5.15 Å². The van der Waals surface area contributed by atoms with Crippen LogP contribution in [0.2, 0.25) is 5.15 Å². The first-order valence-corrected chi connectivity index (χ1v) is 8.13. The van der Waals surface area contributed by atoms with Crippen molar-refractivity contribution in [2.45, 2.75) is 0 Å². The van der Waals surface area contributed by atoms with Gasteiger partial charge in [-0.3, -0.25) is 0 Å². The minimum Gasteiger partial charge on any atom is -0.234 e. The van der Waals surface area contributed by atoms with Crippen molar-refractivity contribution < 1.29 is 0 Å². The molecule has 0 fully saturated rings. The zero-order valence-electron chi connectivity index (χ0n) is 11.5. The number of pyridine rings is 1. The quantitative estimate of drug-likeness (QED) is 0.444. The number of thiazole rings is 1. The molecule has 0 aliphatic carbocycles. The highest BCUT2D eigenvalue weighted by Crippen LogP contribution is 2.31. The Labute approximate surface area is 137 Å². The summed E-state index contributed by atoms with van der Waals surface area (Å²) < 4.78 is 0. The molecule has 0 unspecified atom stereocenters. The molecule has 2 aromatic heterocycles. The molecule has 0 aliphatic heterocycles. The van der Waals surface area contributed by atoms with Gasteiger partial charge in [0, 0.05) is 16.3 Å². The molecule has 0 amide bonds. The SMILES string of the molecule is Clc1nc(-c2csc(-c3ccccc3)n2)cc2ccccc12. The molecule has 0 atom stereocenters. The minimum atomic E-state index is 0.516. The fourth-order valence-electron chi connectivity index (χ4n) is 2.39. The second-order valence-corrected chi connectivity index (χ2v) is 6.14. The van der Waals surface area contributed by atoms with E-state index in [4.69, 9.17) is 16.6 Å². The molecule has 4 aromatic rings. The molecule has 0 saturated heterocycles. The Morgan fingerprint density at radius 1 is 0.818 bits per heavy atom. The summed E-state index contributed by atoms with van der Waals surface area (Å²) in [6, 6.07) is 20.2. The van der Waals surface area contributed by atoms with Crippen LogP contribution in [-0.4, -0.2) is 9.97 Å². The van der Waals surface area contributed by atoms with Crippen molar-refractivity contribution in [2.24, 2.45) is 0 Å². The maximum absolute atomic E-state index is 6.30. The molecule has 2 nitrogen and oxygen atoms in total. The zero-order valence-corrected chi connectivity index (χ0v) is 13.1. The third kappa shape index (κ3) is 2.39. The van der Waals surface area contributed by atoms with Crippen LogP contribution in [0.5, 0.6) is 0 Å². The highest BCUT2D eigenvalue weighted by molar-refractivity contribution is 7.13. The molecule has 2 aromatic carbocycles. The number of nitrogens with zero attached hydrogens (tertiary/aromatic N) is 2. The van der Waals surface area contributed by atoms with Gasteiger partial charge >= 0.3 is 0 Å². The number of rotatable bonds is 2. The lowest BCUT2D eigenvalue weighted by atomic mass is 10.1. The fourth-order valence-corrected chi connectivity index (χ4v) is 3.48. The molecule has 2 heterocycles. The first-order valence-electron chi connectivity index (χ1n) is 6.88. The Hall–Kier alpha value is -2.23. The molecule has 0 aliphatic rings. The van der Waals surface area contributed by atoms with E-state index in [9.17, 15) is 0 Å². The van der Waals surface area contributed by atoms with Gasteiger partial charge in [0.1, 0.15) is 15.9 Å². The first kappa shape index (κ1) is 13.4. The van der Waals surface area contributed by atoms with Gasteiger partial charge in [-0.1, -0.05) is 66.2 Å². The maximum atomic E-state index is 6.30. The number of halogens is 1. The van der Waals surface area contributed by atoms with Crippen LogP contribution in [-0.2, 0) is 0 Å². The summed E-state index contributed by atoms with van der Waals surface area (Å²) >= 11 is 7.91. The Kier molecular flexibility index (Phi) is 3.37. The van der Waals surface area contributed by atoms with Gasteiger partial charge in [0.2, 0.25) is 0 Å². The maximum Gasteiger partial charge on any atom is 0.137 e. The average Bonchev–Trinajstić information content (AvgIpc) is 3.06. The van der Waals surface area contributed by atoms with Crippen molar-refractivity contribution in [3.05, 3.63) is 71.2 Å². The lowest BCUT2D eigenvalue weighted by Gasteiger charge is -2.03.